The summed E-state index contributed by atoms with van der Waals surface area (Å²) in [7, 11) is 1.93. The number of fused-ring (bicyclic) bond motifs is 1. The van der Waals surface area contributed by atoms with Crippen LogP contribution >= 0.6 is 0 Å². The Morgan fingerprint density at radius 2 is 1.86 bits per heavy atom. The Balaban J connectivity index is 1.45. The van der Waals surface area contributed by atoms with Crippen molar-refractivity contribution in [2.75, 3.05) is 13.1 Å². The lowest BCUT2D eigenvalue weighted by Gasteiger charge is -2.17. The molecule has 5 nitrogen and oxygen atoms in total. The van der Waals surface area contributed by atoms with E-state index in [9.17, 15) is 9.59 Å². The van der Waals surface area contributed by atoms with Crippen LogP contribution in [0.2, 0.25) is 0 Å². The van der Waals surface area contributed by atoms with Crippen LogP contribution in [0.5, 0.6) is 0 Å². The van der Waals surface area contributed by atoms with Crippen molar-refractivity contribution in [3.8, 4) is 0 Å². The van der Waals surface area contributed by atoms with Crippen molar-refractivity contribution < 1.29 is 9.59 Å². The fraction of sp³-hybridized carbons (Fsp3) is 0.333. The van der Waals surface area contributed by atoms with E-state index in [1.54, 1.807) is 0 Å². The normalized spacial score (nSPS) is 16.6. The number of hydrogen-bond acceptors (Lipinski definition) is 2. The van der Waals surface area contributed by atoms with Crippen LogP contribution in [0.15, 0.2) is 48.5 Å². The predicted octanol–water partition coefficient (Wildman–Crippen LogP) is 3.37. The molecule has 1 fully saturated rings. The van der Waals surface area contributed by atoms with Crippen molar-refractivity contribution in [2.45, 2.75) is 32.7 Å². The van der Waals surface area contributed by atoms with Crippen LogP contribution in [0.3, 0.4) is 0 Å². The number of nitrogens with zero attached hydrogens (tertiary/aromatic N) is 2. The number of aryl methyl sites for hydroxylation is 3. The molecular weight excluding hydrogens is 362 g/mol. The summed E-state index contributed by atoms with van der Waals surface area (Å²) in [6.45, 7) is 5.30. The van der Waals surface area contributed by atoms with Gasteiger partial charge >= 0.3 is 0 Å². The van der Waals surface area contributed by atoms with Gasteiger partial charge in [-0.25, -0.2) is 0 Å². The second kappa shape index (κ2) is 7.74. The number of para-hydroxylation sites is 1. The molecule has 2 amide bonds. The van der Waals surface area contributed by atoms with E-state index in [0.29, 0.717) is 25.2 Å². The van der Waals surface area contributed by atoms with E-state index in [-0.39, 0.29) is 17.9 Å². The van der Waals surface area contributed by atoms with Gasteiger partial charge in [0.15, 0.2) is 0 Å². The number of carbonyl (C=O) groups is 2. The summed E-state index contributed by atoms with van der Waals surface area (Å²) in [5.41, 5.74) is 5.10. The molecule has 0 bridgehead atoms. The first-order chi connectivity index (χ1) is 14.0. The maximum atomic E-state index is 13.1. The Morgan fingerprint density at radius 1 is 1.10 bits per heavy atom. The van der Waals surface area contributed by atoms with Crippen molar-refractivity contribution in [1.82, 2.24) is 14.8 Å². The standard InChI is InChI=1S/C24H27N3O2/c1-16-8-7-11-20-17(2)23(26(3)22(16)20)24(29)25-19-14-21(28)27(15-19)13-12-18-9-5-4-6-10-18/h4-11,19H,12-15H2,1-3H3,(H,25,29)/t19-/m0/s1. The molecule has 1 aliphatic rings. The maximum Gasteiger partial charge on any atom is 0.268 e. The zero-order valence-electron chi connectivity index (χ0n) is 17.2. The highest BCUT2D eigenvalue weighted by molar-refractivity contribution is 6.02. The molecule has 2 heterocycles. The van der Waals surface area contributed by atoms with Gasteiger partial charge in [-0.05, 0) is 37.0 Å². The Morgan fingerprint density at radius 3 is 2.59 bits per heavy atom. The summed E-state index contributed by atoms with van der Waals surface area (Å²) in [4.78, 5) is 27.3. The minimum Gasteiger partial charge on any atom is -0.346 e. The molecule has 1 N–H and O–H groups in total. The number of rotatable bonds is 5. The number of amides is 2. The van der Waals surface area contributed by atoms with Crippen LogP contribution in [0.25, 0.3) is 10.9 Å². The third kappa shape index (κ3) is 3.65. The first-order valence-electron chi connectivity index (χ1n) is 10.1. The molecule has 150 valence electrons. The van der Waals surface area contributed by atoms with Crippen molar-refractivity contribution in [2.24, 2.45) is 7.05 Å². The summed E-state index contributed by atoms with van der Waals surface area (Å²) in [6, 6.07) is 16.1. The molecule has 2 aromatic carbocycles. The molecule has 0 saturated carbocycles. The van der Waals surface area contributed by atoms with Crippen molar-refractivity contribution in [3.63, 3.8) is 0 Å². The van der Waals surface area contributed by atoms with Crippen LogP contribution in [0, 0.1) is 13.8 Å². The largest absolute Gasteiger partial charge is 0.346 e. The minimum absolute atomic E-state index is 0.107. The molecule has 0 unspecified atom stereocenters. The number of hydrogen-bond donors (Lipinski definition) is 1. The molecule has 0 radical (unpaired) electrons. The Hall–Kier alpha value is -3.08. The van der Waals surface area contributed by atoms with E-state index in [1.165, 1.54) is 5.56 Å². The van der Waals surface area contributed by atoms with Gasteiger partial charge in [0.05, 0.1) is 11.6 Å². The van der Waals surface area contributed by atoms with Gasteiger partial charge in [0.25, 0.3) is 5.91 Å². The molecule has 1 aromatic heterocycles. The second-order valence-electron chi connectivity index (χ2n) is 7.95. The fourth-order valence-electron chi connectivity index (χ4n) is 4.47. The van der Waals surface area contributed by atoms with E-state index >= 15 is 0 Å². The monoisotopic (exact) mass is 389 g/mol. The summed E-state index contributed by atoms with van der Waals surface area (Å²) < 4.78 is 1.97. The Kier molecular flexibility index (Phi) is 5.14. The molecule has 0 aliphatic carbocycles. The average molecular weight is 389 g/mol. The first-order valence-corrected chi connectivity index (χ1v) is 10.1. The van der Waals surface area contributed by atoms with Crippen LogP contribution in [-0.4, -0.2) is 40.4 Å². The van der Waals surface area contributed by atoms with E-state index in [0.717, 1.165) is 28.5 Å². The smallest absolute Gasteiger partial charge is 0.268 e. The van der Waals surface area contributed by atoms with Crippen LogP contribution in [-0.2, 0) is 18.3 Å². The average Bonchev–Trinajstić information content (AvgIpc) is 3.18. The van der Waals surface area contributed by atoms with Gasteiger partial charge in [0, 0.05) is 31.9 Å². The number of likely N-dealkylation sites (tertiary alicyclic amines) is 1. The van der Waals surface area contributed by atoms with E-state index < -0.39 is 0 Å². The highest BCUT2D eigenvalue weighted by atomic mass is 16.2. The van der Waals surface area contributed by atoms with Gasteiger partial charge in [-0.3, -0.25) is 9.59 Å². The molecule has 1 atom stereocenters. The lowest BCUT2D eigenvalue weighted by atomic mass is 10.1. The lowest BCUT2D eigenvalue weighted by Crippen LogP contribution is -2.38. The maximum absolute atomic E-state index is 13.1. The highest BCUT2D eigenvalue weighted by Crippen LogP contribution is 2.27. The van der Waals surface area contributed by atoms with Crippen LogP contribution < -0.4 is 5.32 Å². The number of carbonyl (C=O) groups excluding carboxylic acids is 2. The quantitative estimate of drug-likeness (QED) is 0.727. The first kappa shape index (κ1) is 19.2. The molecule has 1 aliphatic heterocycles. The van der Waals surface area contributed by atoms with Crippen LogP contribution in [0.1, 0.15) is 33.6 Å². The van der Waals surface area contributed by atoms with Crippen molar-refractivity contribution in [3.05, 3.63) is 70.9 Å². The fourth-order valence-corrected chi connectivity index (χ4v) is 4.47. The van der Waals surface area contributed by atoms with Gasteiger partial charge in [-0.15, -0.1) is 0 Å². The van der Waals surface area contributed by atoms with E-state index in [1.807, 2.05) is 47.7 Å². The van der Waals surface area contributed by atoms with Gasteiger partial charge in [0.1, 0.15) is 5.69 Å². The summed E-state index contributed by atoms with van der Waals surface area (Å²) in [5, 5.41) is 4.20. The van der Waals surface area contributed by atoms with Gasteiger partial charge < -0.3 is 14.8 Å². The zero-order valence-corrected chi connectivity index (χ0v) is 17.2. The van der Waals surface area contributed by atoms with Crippen molar-refractivity contribution >= 4 is 22.7 Å². The third-order valence-electron chi connectivity index (χ3n) is 5.95. The van der Waals surface area contributed by atoms with Gasteiger partial charge in [0.2, 0.25) is 5.91 Å². The molecule has 0 spiro atoms. The van der Waals surface area contributed by atoms with Gasteiger partial charge in [-0.2, -0.15) is 0 Å². The molecule has 3 aromatic rings. The highest BCUT2D eigenvalue weighted by Gasteiger charge is 2.31. The SMILES string of the molecule is Cc1c(C(=O)N[C@H]2CC(=O)N(CCc3ccccc3)C2)n(C)c2c(C)cccc12. The number of benzene rings is 2. The number of aromatic nitrogens is 1. The third-order valence-corrected chi connectivity index (χ3v) is 5.95. The summed E-state index contributed by atoms with van der Waals surface area (Å²) in [5.74, 6) is -0.000788. The minimum atomic E-state index is -0.149. The zero-order chi connectivity index (χ0) is 20.5. The molecule has 5 heteroatoms. The lowest BCUT2D eigenvalue weighted by molar-refractivity contribution is -0.127. The predicted molar refractivity (Wildman–Crippen MR) is 115 cm³/mol. The topological polar surface area (TPSA) is 54.3 Å². The van der Waals surface area contributed by atoms with E-state index in [2.05, 4.69) is 36.5 Å². The molecule has 4 rings (SSSR count). The van der Waals surface area contributed by atoms with Crippen molar-refractivity contribution in [1.29, 1.82) is 0 Å². The summed E-state index contributed by atoms with van der Waals surface area (Å²) in [6.07, 6.45) is 1.19. The Bertz CT molecular complexity index is 1070. The van der Waals surface area contributed by atoms with Gasteiger partial charge in [-0.1, -0.05) is 48.5 Å². The van der Waals surface area contributed by atoms with E-state index in [4.69, 9.17) is 0 Å². The molecule has 1 saturated heterocycles. The van der Waals surface area contributed by atoms with Crippen LogP contribution in [0.4, 0.5) is 0 Å². The molecule has 29 heavy (non-hydrogen) atoms. The summed E-state index contributed by atoms with van der Waals surface area (Å²) >= 11 is 0. The Labute approximate surface area is 171 Å². The second-order valence-corrected chi connectivity index (χ2v) is 7.95. The molecular formula is C24H27N3O2. The number of nitrogens with one attached hydrogen (secondary N) is 1.